The summed E-state index contributed by atoms with van der Waals surface area (Å²) in [5.41, 5.74) is 6.09. The van der Waals surface area contributed by atoms with Crippen LogP contribution in [0.5, 0.6) is 0 Å². The van der Waals surface area contributed by atoms with Crippen LogP contribution >= 0.6 is 0 Å². The molecular weight excluding hydrogens is 250 g/mol. The van der Waals surface area contributed by atoms with E-state index in [0.29, 0.717) is 11.5 Å². The number of nitrogens with two attached hydrogens (primary N) is 1. The van der Waals surface area contributed by atoms with Crippen LogP contribution in [-0.4, -0.2) is 16.4 Å². The number of fused-ring (bicyclic) bond motifs is 1. The van der Waals surface area contributed by atoms with Gasteiger partial charge in [-0.1, -0.05) is 38.1 Å². The van der Waals surface area contributed by atoms with Crippen molar-refractivity contribution in [1.29, 1.82) is 0 Å². The molecule has 1 amide bonds. The predicted molar refractivity (Wildman–Crippen MR) is 82.6 cm³/mol. The third-order valence-corrected chi connectivity index (χ3v) is 3.98. The summed E-state index contributed by atoms with van der Waals surface area (Å²) < 4.78 is 0. The van der Waals surface area contributed by atoms with E-state index in [-0.39, 0.29) is 11.4 Å². The van der Waals surface area contributed by atoms with Crippen LogP contribution in [-0.2, 0) is 0 Å². The second-order valence-corrected chi connectivity index (χ2v) is 5.34. The van der Waals surface area contributed by atoms with E-state index >= 15 is 0 Å². The lowest BCUT2D eigenvalue weighted by molar-refractivity contribution is 0.0896. The zero-order valence-corrected chi connectivity index (χ0v) is 12.2. The minimum Gasteiger partial charge on any atom is -0.383 e. The molecule has 2 rings (SSSR count). The lowest BCUT2D eigenvalue weighted by Gasteiger charge is -2.28. The van der Waals surface area contributed by atoms with Crippen molar-refractivity contribution in [2.45, 2.75) is 39.2 Å². The maximum atomic E-state index is 12.3. The Labute approximate surface area is 119 Å². The molecule has 0 spiro atoms. The number of carbonyl (C=O) groups excluding carboxylic acids is 1. The average Bonchev–Trinajstić information content (AvgIpc) is 2.47. The molecule has 4 heteroatoms. The molecule has 0 radical (unpaired) electrons. The molecule has 0 unspecified atom stereocenters. The summed E-state index contributed by atoms with van der Waals surface area (Å²) in [6.45, 7) is 6.16. The molecule has 1 heterocycles. The van der Waals surface area contributed by atoms with Gasteiger partial charge in [0.05, 0.1) is 0 Å². The van der Waals surface area contributed by atoms with Gasteiger partial charge in [-0.3, -0.25) is 4.79 Å². The smallest absolute Gasteiger partial charge is 0.270 e. The minimum absolute atomic E-state index is 0.173. The Morgan fingerprint density at radius 2 is 1.95 bits per heavy atom. The van der Waals surface area contributed by atoms with Gasteiger partial charge in [-0.2, -0.15) is 0 Å². The average molecular weight is 271 g/mol. The van der Waals surface area contributed by atoms with Gasteiger partial charge in [-0.05, 0) is 31.2 Å². The molecule has 0 saturated heterocycles. The second-order valence-electron chi connectivity index (χ2n) is 5.34. The second kappa shape index (κ2) is 5.49. The molecule has 0 aliphatic carbocycles. The van der Waals surface area contributed by atoms with Gasteiger partial charge < -0.3 is 11.1 Å². The number of benzene rings is 1. The molecule has 0 atom stereocenters. The SMILES string of the molecule is CCC(C)(CC)NC(=O)c1cc2ccccc2c(N)n1. The van der Waals surface area contributed by atoms with Crippen LogP contribution in [0, 0.1) is 0 Å². The fourth-order valence-corrected chi connectivity index (χ4v) is 2.11. The number of carbonyl (C=O) groups is 1. The fourth-order valence-electron chi connectivity index (χ4n) is 2.11. The molecule has 0 aliphatic rings. The van der Waals surface area contributed by atoms with Crippen molar-refractivity contribution < 1.29 is 4.79 Å². The van der Waals surface area contributed by atoms with Crippen LogP contribution in [0.15, 0.2) is 30.3 Å². The van der Waals surface area contributed by atoms with E-state index in [2.05, 4.69) is 24.1 Å². The van der Waals surface area contributed by atoms with Crippen molar-refractivity contribution in [2.75, 3.05) is 5.73 Å². The van der Waals surface area contributed by atoms with E-state index in [0.717, 1.165) is 23.6 Å². The number of anilines is 1. The molecule has 1 aromatic heterocycles. The van der Waals surface area contributed by atoms with E-state index in [1.165, 1.54) is 0 Å². The van der Waals surface area contributed by atoms with Gasteiger partial charge in [0.25, 0.3) is 5.91 Å². The number of aromatic nitrogens is 1. The fraction of sp³-hybridized carbons (Fsp3) is 0.375. The van der Waals surface area contributed by atoms with Gasteiger partial charge in [0.1, 0.15) is 11.5 Å². The first-order chi connectivity index (χ1) is 9.49. The maximum absolute atomic E-state index is 12.3. The quantitative estimate of drug-likeness (QED) is 0.897. The lowest BCUT2D eigenvalue weighted by Crippen LogP contribution is -2.45. The Hall–Kier alpha value is -2.10. The normalized spacial score (nSPS) is 11.6. The number of nitrogens with one attached hydrogen (secondary N) is 1. The first-order valence-corrected chi connectivity index (χ1v) is 6.97. The van der Waals surface area contributed by atoms with Gasteiger partial charge in [0.15, 0.2) is 0 Å². The predicted octanol–water partition coefficient (Wildman–Crippen LogP) is 3.13. The van der Waals surface area contributed by atoms with Crippen molar-refractivity contribution in [3.63, 3.8) is 0 Å². The Bertz CT molecular complexity index is 633. The van der Waals surface area contributed by atoms with Crippen LogP contribution in [0.4, 0.5) is 5.82 Å². The van der Waals surface area contributed by atoms with Crippen LogP contribution in [0.2, 0.25) is 0 Å². The number of pyridine rings is 1. The molecule has 0 saturated carbocycles. The topological polar surface area (TPSA) is 68.0 Å². The van der Waals surface area contributed by atoms with E-state index in [1.54, 1.807) is 6.07 Å². The van der Waals surface area contributed by atoms with E-state index < -0.39 is 0 Å². The highest BCUT2D eigenvalue weighted by Gasteiger charge is 2.23. The first-order valence-electron chi connectivity index (χ1n) is 6.97. The molecule has 20 heavy (non-hydrogen) atoms. The highest BCUT2D eigenvalue weighted by Crippen LogP contribution is 2.21. The molecule has 2 aromatic rings. The van der Waals surface area contributed by atoms with Gasteiger partial charge in [-0.15, -0.1) is 0 Å². The number of hydrogen-bond acceptors (Lipinski definition) is 3. The molecule has 4 nitrogen and oxygen atoms in total. The molecule has 0 aliphatic heterocycles. The number of nitrogens with zero attached hydrogens (tertiary/aromatic N) is 1. The zero-order chi connectivity index (χ0) is 14.8. The third kappa shape index (κ3) is 2.74. The molecular formula is C16H21N3O. The summed E-state index contributed by atoms with van der Waals surface area (Å²) in [4.78, 5) is 16.6. The van der Waals surface area contributed by atoms with Gasteiger partial charge >= 0.3 is 0 Å². The summed E-state index contributed by atoms with van der Waals surface area (Å²) in [6, 6.07) is 9.45. The van der Waals surface area contributed by atoms with Gasteiger partial charge in [-0.25, -0.2) is 4.98 Å². The highest BCUT2D eigenvalue weighted by atomic mass is 16.2. The standard InChI is InChI=1S/C16H21N3O/c1-4-16(3,5-2)19-15(20)13-10-11-8-6-7-9-12(11)14(17)18-13/h6-10H,4-5H2,1-3H3,(H2,17,18)(H,19,20). The minimum atomic E-state index is -0.209. The molecule has 0 fully saturated rings. The van der Waals surface area contributed by atoms with Gasteiger partial charge in [0, 0.05) is 10.9 Å². The van der Waals surface area contributed by atoms with Crippen molar-refractivity contribution in [3.05, 3.63) is 36.0 Å². The lowest BCUT2D eigenvalue weighted by atomic mass is 9.95. The van der Waals surface area contributed by atoms with Crippen molar-refractivity contribution in [2.24, 2.45) is 0 Å². The summed E-state index contributed by atoms with van der Waals surface area (Å²) in [5.74, 6) is 0.219. The van der Waals surface area contributed by atoms with E-state index in [1.807, 2.05) is 31.2 Å². The zero-order valence-electron chi connectivity index (χ0n) is 12.2. The number of rotatable bonds is 4. The third-order valence-electron chi connectivity index (χ3n) is 3.98. The summed E-state index contributed by atoms with van der Waals surface area (Å²) in [5, 5.41) is 4.85. The Morgan fingerprint density at radius 3 is 2.60 bits per heavy atom. The number of hydrogen-bond donors (Lipinski definition) is 2. The molecule has 106 valence electrons. The largest absolute Gasteiger partial charge is 0.383 e. The van der Waals surface area contributed by atoms with Crippen molar-refractivity contribution in [3.8, 4) is 0 Å². The van der Waals surface area contributed by atoms with Crippen molar-refractivity contribution >= 4 is 22.5 Å². The maximum Gasteiger partial charge on any atom is 0.270 e. The Balaban J connectivity index is 2.36. The first kappa shape index (κ1) is 14.3. The van der Waals surface area contributed by atoms with Crippen LogP contribution in [0.25, 0.3) is 10.8 Å². The van der Waals surface area contributed by atoms with Crippen LogP contribution < -0.4 is 11.1 Å². The van der Waals surface area contributed by atoms with Crippen LogP contribution in [0.1, 0.15) is 44.1 Å². The Morgan fingerprint density at radius 1 is 1.30 bits per heavy atom. The van der Waals surface area contributed by atoms with E-state index in [4.69, 9.17) is 5.73 Å². The summed E-state index contributed by atoms with van der Waals surface area (Å²) in [6.07, 6.45) is 1.75. The number of nitrogen functional groups attached to an aromatic ring is 1. The van der Waals surface area contributed by atoms with Crippen molar-refractivity contribution in [1.82, 2.24) is 10.3 Å². The summed E-state index contributed by atoms with van der Waals surface area (Å²) in [7, 11) is 0. The monoisotopic (exact) mass is 271 g/mol. The summed E-state index contributed by atoms with van der Waals surface area (Å²) >= 11 is 0. The molecule has 0 bridgehead atoms. The molecule has 3 N–H and O–H groups in total. The van der Waals surface area contributed by atoms with Crippen LogP contribution in [0.3, 0.4) is 0 Å². The number of amides is 1. The Kier molecular flexibility index (Phi) is 3.93. The highest BCUT2D eigenvalue weighted by molar-refractivity contribution is 6.00. The molecule has 1 aromatic carbocycles. The van der Waals surface area contributed by atoms with Gasteiger partial charge in [0.2, 0.25) is 0 Å². The van der Waals surface area contributed by atoms with E-state index in [9.17, 15) is 4.79 Å².